The molecule has 202 valence electrons. The number of halogens is 2. The Morgan fingerprint density at radius 2 is 1.41 bits per heavy atom. The average Bonchev–Trinajstić information content (AvgIpc) is 3.40. The van der Waals surface area contributed by atoms with Gasteiger partial charge in [0.25, 0.3) is 0 Å². The largest absolute Gasteiger partial charge is 1.00 e. The molecule has 0 atom stereocenters. The van der Waals surface area contributed by atoms with E-state index >= 15 is 0 Å². The summed E-state index contributed by atoms with van der Waals surface area (Å²) in [6, 6.07) is 15.1. The average molecular weight is 617 g/mol. The Balaban J connectivity index is 0.000000684. The number of allylic oxidation sites excluding steroid dienone is 4. The fourth-order valence-corrected chi connectivity index (χ4v) is 4.04. The van der Waals surface area contributed by atoms with Gasteiger partial charge in [-0.2, -0.15) is 35.4 Å². The Kier molecular flexibility index (Phi) is 14.3. The molecule has 4 rings (SSSR count). The van der Waals surface area contributed by atoms with Crippen LogP contribution in [0.15, 0.2) is 48.1 Å². The molecule has 0 heterocycles. The second-order valence-corrected chi connectivity index (χ2v) is 15.2. The van der Waals surface area contributed by atoms with Crippen molar-refractivity contribution in [1.29, 1.82) is 0 Å². The Morgan fingerprint density at radius 1 is 0.865 bits per heavy atom. The van der Waals surface area contributed by atoms with Gasteiger partial charge in [0.05, 0.1) is 0 Å². The van der Waals surface area contributed by atoms with Gasteiger partial charge in [0.2, 0.25) is 0 Å². The van der Waals surface area contributed by atoms with Gasteiger partial charge in [0.1, 0.15) is 0 Å². The number of hydrogen-bond acceptors (Lipinski definition) is 0. The van der Waals surface area contributed by atoms with Gasteiger partial charge >= 0.3 is 41.3 Å². The zero-order chi connectivity index (χ0) is 26.6. The Bertz CT molecular complexity index is 1040. The van der Waals surface area contributed by atoms with Crippen molar-refractivity contribution in [3.63, 3.8) is 0 Å². The van der Waals surface area contributed by atoms with Crippen molar-refractivity contribution in [3.8, 4) is 11.1 Å². The van der Waals surface area contributed by atoms with Crippen LogP contribution in [0, 0.1) is 17.6 Å². The topological polar surface area (TPSA) is 0 Å². The van der Waals surface area contributed by atoms with E-state index in [0.717, 1.165) is 12.8 Å². The molecule has 3 heteroatoms. The minimum Gasteiger partial charge on any atom is -1.00 e. The summed E-state index contributed by atoms with van der Waals surface area (Å²) < 4.78 is 1.51. The minimum atomic E-state index is 0. The van der Waals surface area contributed by atoms with Crippen molar-refractivity contribution in [2.45, 2.75) is 106 Å². The maximum Gasteiger partial charge on any atom is -1.00 e. The molecule has 0 spiro atoms. The van der Waals surface area contributed by atoms with E-state index in [1.54, 1.807) is 24.2 Å². The van der Waals surface area contributed by atoms with E-state index in [-0.39, 0.29) is 35.6 Å². The second-order valence-electron chi connectivity index (χ2n) is 12.8. The van der Waals surface area contributed by atoms with Crippen LogP contribution in [0.1, 0.15) is 111 Å². The van der Waals surface area contributed by atoms with Crippen molar-refractivity contribution in [2.24, 2.45) is 5.41 Å². The molecule has 0 saturated heterocycles. The van der Waals surface area contributed by atoms with E-state index in [0.29, 0.717) is 5.41 Å². The molecule has 0 N–H and O–H groups in total. The summed E-state index contributed by atoms with van der Waals surface area (Å²) in [6.07, 6.45) is 11.0. The SMILES string of the molecule is CC(C)(C)c1c[c-]c2c(c1)-c1cc(C(C)(C)C)ccc1C2.CCC(C)(C)C1=[C-]CC=C1.C[C](C)=[Zr+2].[Cl-].[Cl-]. The molecule has 0 fully saturated rings. The maximum atomic E-state index is 3.53. The normalized spacial score (nSPS) is 13.5. The van der Waals surface area contributed by atoms with Crippen molar-refractivity contribution >= 4 is 3.21 Å². The molecule has 0 saturated carbocycles. The Labute approximate surface area is 256 Å². The summed E-state index contributed by atoms with van der Waals surface area (Å²) in [5.74, 6) is 0. The van der Waals surface area contributed by atoms with Gasteiger partial charge in [0.15, 0.2) is 0 Å². The van der Waals surface area contributed by atoms with Crippen molar-refractivity contribution in [2.75, 3.05) is 0 Å². The Hall–Kier alpha value is -0.747. The number of benzene rings is 2. The summed E-state index contributed by atoms with van der Waals surface area (Å²) >= 11 is 1.55. The molecule has 2 aromatic rings. The number of hydrogen-bond donors (Lipinski definition) is 0. The van der Waals surface area contributed by atoms with Gasteiger partial charge in [-0.15, -0.1) is 12.0 Å². The summed E-state index contributed by atoms with van der Waals surface area (Å²) in [6.45, 7) is 24.7. The van der Waals surface area contributed by atoms with Crippen LogP contribution < -0.4 is 24.8 Å². The van der Waals surface area contributed by atoms with Crippen LogP contribution in [0.3, 0.4) is 0 Å². The van der Waals surface area contributed by atoms with Gasteiger partial charge < -0.3 is 24.8 Å². The smallest absolute Gasteiger partial charge is 1.00 e. The molecule has 2 aromatic carbocycles. The first-order chi connectivity index (χ1) is 16.1. The van der Waals surface area contributed by atoms with E-state index in [9.17, 15) is 0 Å². The first-order valence-electron chi connectivity index (χ1n) is 13.0. The molecule has 2 aliphatic rings. The van der Waals surface area contributed by atoms with Gasteiger partial charge in [-0.25, -0.2) is 11.6 Å². The summed E-state index contributed by atoms with van der Waals surface area (Å²) in [4.78, 5) is 0. The third-order valence-electron chi connectivity index (χ3n) is 6.83. The van der Waals surface area contributed by atoms with Crippen LogP contribution in [-0.2, 0) is 41.5 Å². The predicted octanol–water partition coefficient (Wildman–Crippen LogP) is 3.52. The van der Waals surface area contributed by atoms with Crippen LogP contribution in [0.25, 0.3) is 11.1 Å². The quantitative estimate of drug-likeness (QED) is 0.387. The standard InChI is InChI=1S/C21H25.C10H15.C3H6.2ClH.Zr/c1-20(2,3)16-9-7-14-11-15-8-10-17(21(4,5)6)13-19(15)18(14)12-16;1-4-10(2,3)9-7-5-6-8-9;1-3-2;;;/h7,9-10,12-13H,11H2,1-6H3;5,7H,4,6H2,1-3H3;1-2H3;2*1H;/q2*-1;;;;+2/p-2. The second kappa shape index (κ2) is 14.6. The van der Waals surface area contributed by atoms with E-state index in [2.05, 4.69) is 131 Å². The summed E-state index contributed by atoms with van der Waals surface area (Å²) in [5.41, 5.74) is 10.5. The van der Waals surface area contributed by atoms with Crippen molar-refractivity contribution in [3.05, 3.63) is 82.5 Å². The molecular weight excluding hydrogens is 571 g/mol. The molecule has 0 radical (unpaired) electrons. The van der Waals surface area contributed by atoms with Crippen molar-refractivity contribution < 1.29 is 49.0 Å². The van der Waals surface area contributed by atoms with Crippen LogP contribution in [-0.4, -0.2) is 3.21 Å². The Morgan fingerprint density at radius 3 is 1.86 bits per heavy atom. The first-order valence-corrected chi connectivity index (χ1v) is 14.3. The summed E-state index contributed by atoms with van der Waals surface area (Å²) in [7, 11) is 0. The van der Waals surface area contributed by atoms with E-state index in [1.807, 2.05) is 0 Å². The molecule has 0 bridgehead atoms. The maximum absolute atomic E-state index is 3.53. The molecular formula is C34H46Cl2Zr-2. The third kappa shape index (κ3) is 10.4. The predicted molar refractivity (Wildman–Crippen MR) is 152 cm³/mol. The first kappa shape index (κ1) is 36.3. The molecule has 0 aliphatic heterocycles. The van der Waals surface area contributed by atoms with Crippen molar-refractivity contribution in [1.82, 2.24) is 0 Å². The van der Waals surface area contributed by atoms with Crippen LogP contribution >= 0.6 is 0 Å². The van der Waals surface area contributed by atoms with E-state index in [4.69, 9.17) is 0 Å². The molecule has 0 nitrogen and oxygen atoms in total. The fourth-order valence-electron chi connectivity index (χ4n) is 4.04. The number of fused-ring (bicyclic) bond motifs is 3. The van der Waals surface area contributed by atoms with Crippen LogP contribution in [0.4, 0.5) is 0 Å². The molecule has 0 unspecified atom stereocenters. The molecule has 0 aromatic heterocycles. The van der Waals surface area contributed by atoms with Crippen LogP contribution in [0.2, 0.25) is 0 Å². The monoisotopic (exact) mass is 614 g/mol. The van der Waals surface area contributed by atoms with Gasteiger partial charge in [-0.3, -0.25) is 6.08 Å². The summed E-state index contributed by atoms with van der Waals surface area (Å²) in [5, 5.41) is 0. The number of rotatable bonds is 2. The fraction of sp³-hybridized carbons (Fsp3) is 0.500. The molecule has 2 aliphatic carbocycles. The van der Waals surface area contributed by atoms with Gasteiger partial charge in [-0.05, 0) is 29.2 Å². The molecule has 0 amide bonds. The zero-order valence-electron chi connectivity index (χ0n) is 24.9. The van der Waals surface area contributed by atoms with E-state index < -0.39 is 0 Å². The zero-order valence-corrected chi connectivity index (χ0v) is 28.9. The van der Waals surface area contributed by atoms with E-state index in [1.165, 1.54) is 48.6 Å². The minimum absolute atomic E-state index is 0. The third-order valence-corrected chi connectivity index (χ3v) is 6.83. The van der Waals surface area contributed by atoms with Crippen LogP contribution in [0.5, 0.6) is 0 Å². The van der Waals surface area contributed by atoms with Gasteiger partial charge in [0, 0.05) is 0 Å². The van der Waals surface area contributed by atoms with Gasteiger partial charge in [-0.1, -0.05) is 97.1 Å². The molecule has 37 heavy (non-hydrogen) atoms.